The van der Waals surface area contributed by atoms with Gasteiger partial charge in [-0.2, -0.15) is 13.2 Å². The highest BCUT2D eigenvalue weighted by Crippen LogP contribution is 2.25. The lowest BCUT2D eigenvalue weighted by Gasteiger charge is -2.21. The number of alkyl halides is 3. The van der Waals surface area contributed by atoms with Gasteiger partial charge in [0.25, 0.3) is 0 Å². The molecule has 0 bridgehead atoms. The summed E-state index contributed by atoms with van der Waals surface area (Å²) in [5, 5.41) is 0. The maximum atomic E-state index is 12.1. The second-order valence-corrected chi connectivity index (χ2v) is 4.72. The number of rotatable bonds is 4. The molecule has 17 heavy (non-hydrogen) atoms. The topological polar surface area (TPSA) is 29.3 Å². The Bertz CT molecular complexity index is 379. The van der Waals surface area contributed by atoms with Gasteiger partial charge in [0.2, 0.25) is 0 Å². The van der Waals surface area contributed by atoms with Crippen molar-refractivity contribution in [3.05, 3.63) is 28.2 Å². The van der Waals surface area contributed by atoms with Gasteiger partial charge in [-0.3, -0.25) is 0 Å². The zero-order valence-corrected chi connectivity index (χ0v) is 11.0. The van der Waals surface area contributed by atoms with E-state index in [1.54, 1.807) is 24.1 Å². The Balaban J connectivity index is 2.74. The highest BCUT2D eigenvalue weighted by molar-refractivity contribution is 9.10. The van der Waals surface area contributed by atoms with Gasteiger partial charge < -0.3 is 10.6 Å². The zero-order chi connectivity index (χ0) is 13.1. The van der Waals surface area contributed by atoms with Gasteiger partial charge in [-0.25, -0.2) is 0 Å². The lowest BCUT2D eigenvalue weighted by atomic mass is 10.2. The van der Waals surface area contributed by atoms with Crippen LogP contribution in [0.15, 0.2) is 22.7 Å². The molecule has 0 radical (unpaired) electrons. The van der Waals surface area contributed by atoms with Crippen molar-refractivity contribution < 1.29 is 13.2 Å². The summed E-state index contributed by atoms with van der Waals surface area (Å²) in [7, 11) is 1.63. The highest BCUT2D eigenvalue weighted by Gasteiger charge is 2.27. The summed E-state index contributed by atoms with van der Waals surface area (Å²) in [6, 6.07) is 5.41. The Hall–Kier alpha value is -0.750. The lowest BCUT2D eigenvalue weighted by molar-refractivity contribution is -0.132. The van der Waals surface area contributed by atoms with Gasteiger partial charge in [-0.15, -0.1) is 0 Å². The minimum atomic E-state index is -4.13. The van der Waals surface area contributed by atoms with Crippen LogP contribution in [0.4, 0.5) is 18.9 Å². The summed E-state index contributed by atoms with van der Waals surface area (Å²) in [6.07, 6.45) is -4.95. The molecule has 0 aliphatic heterocycles. The Morgan fingerprint density at radius 2 is 1.94 bits per heavy atom. The molecule has 0 heterocycles. The fourth-order valence-electron chi connectivity index (χ4n) is 1.40. The molecule has 1 rings (SSSR count). The van der Waals surface area contributed by atoms with Crippen LogP contribution >= 0.6 is 15.9 Å². The number of benzene rings is 1. The molecule has 0 spiro atoms. The molecule has 0 aromatic heterocycles. The van der Waals surface area contributed by atoms with Gasteiger partial charge in [-0.1, -0.05) is 15.9 Å². The molecule has 2 N–H and O–H groups in total. The van der Waals surface area contributed by atoms with E-state index in [0.717, 1.165) is 15.7 Å². The van der Waals surface area contributed by atoms with Crippen molar-refractivity contribution in [1.82, 2.24) is 0 Å². The number of nitrogens with two attached hydrogens (primary N) is 1. The quantitative estimate of drug-likeness (QED) is 0.924. The molecule has 1 aromatic rings. The maximum Gasteiger partial charge on any atom is 0.390 e. The van der Waals surface area contributed by atoms with Gasteiger partial charge >= 0.3 is 6.18 Å². The summed E-state index contributed by atoms with van der Waals surface area (Å²) in [5.74, 6) is 0. The Labute approximate surface area is 107 Å². The van der Waals surface area contributed by atoms with E-state index in [4.69, 9.17) is 5.73 Å². The van der Waals surface area contributed by atoms with E-state index in [2.05, 4.69) is 15.9 Å². The third-order valence-corrected chi connectivity index (χ3v) is 2.81. The van der Waals surface area contributed by atoms with E-state index in [1.165, 1.54) is 0 Å². The zero-order valence-electron chi connectivity index (χ0n) is 9.39. The monoisotopic (exact) mass is 310 g/mol. The largest absolute Gasteiger partial charge is 0.390 e. The molecule has 0 saturated carbocycles. The van der Waals surface area contributed by atoms with Crippen molar-refractivity contribution in [2.24, 2.45) is 5.73 Å². The Kier molecular flexibility index (Phi) is 4.82. The molecule has 0 aliphatic carbocycles. The van der Waals surface area contributed by atoms with Crippen LogP contribution in [0, 0.1) is 0 Å². The van der Waals surface area contributed by atoms with Gasteiger partial charge in [0.05, 0.1) is 6.42 Å². The standard InChI is InChI=1S/C11H14BrF3N2/c1-17(3-2-11(13,14)15)10-5-8(7-16)4-9(12)6-10/h4-6H,2-3,7,16H2,1H3. The van der Waals surface area contributed by atoms with Crippen molar-refractivity contribution in [3.8, 4) is 0 Å². The van der Waals surface area contributed by atoms with E-state index in [0.29, 0.717) is 6.54 Å². The summed E-state index contributed by atoms with van der Waals surface area (Å²) < 4.78 is 37.1. The van der Waals surface area contributed by atoms with Crippen LogP contribution in [0.5, 0.6) is 0 Å². The molecular weight excluding hydrogens is 297 g/mol. The molecule has 0 atom stereocenters. The first-order valence-electron chi connectivity index (χ1n) is 5.09. The molecule has 0 saturated heterocycles. The number of anilines is 1. The molecule has 0 aliphatic rings. The van der Waals surface area contributed by atoms with E-state index in [9.17, 15) is 13.2 Å². The first kappa shape index (κ1) is 14.3. The minimum absolute atomic E-state index is 0.0655. The molecule has 0 unspecified atom stereocenters. The number of nitrogens with zero attached hydrogens (tertiary/aromatic N) is 1. The predicted octanol–water partition coefficient (Wildman–Crippen LogP) is 3.30. The normalized spacial score (nSPS) is 11.6. The summed E-state index contributed by atoms with van der Waals surface area (Å²) in [6.45, 7) is 0.295. The van der Waals surface area contributed by atoms with E-state index >= 15 is 0 Å². The second-order valence-electron chi connectivity index (χ2n) is 3.81. The minimum Gasteiger partial charge on any atom is -0.374 e. The third-order valence-electron chi connectivity index (χ3n) is 2.35. The van der Waals surface area contributed by atoms with Crippen molar-refractivity contribution in [1.29, 1.82) is 0 Å². The fraction of sp³-hybridized carbons (Fsp3) is 0.455. The number of halogens is 4. The highest BCUT2D eigenvalue weighted by atomic mass is 79.9. The molecule has 2 nitrogen and oxygen atoms in total. The van der Waals surface area contributed by atoms with Crippen molar-refractivity contribution in [3.63, 3.8) is 0 Å². The van der Waals surface area contributed by atoms with E-state index < -0.39 is 12.6 Å². The van der Waals surface area contributed by atoms with Gasteiger partial charge in [0, 0.05) is 30.3 Å². The van der Waals surface area contributed by atoms with E-state index in [-0.39, 0.29) is 6.54 Å². The van der Waals surface area contributed by atoms with Gasteiger partial charge in [0.15, 0.2) is 0 Å². The molecule has 0 fully saturated rings. The first-order valence-corrected chi connectivity index (χ1v) is 5.88. The van der Waals surface area contributed by atoms with Gasteiger partial charge in [0.1, 0.15) is 0 Å². The lowest BCUT2D eigenvalue weighted by Crippen LogP contribution is -2.24. The van der Waals surface area contributed by atoms with Crippen LogP contribution in [0.25, 0.3) is 0 Å². The molecule has 6 heteroatoms. The third kappa shape index (κ3) is 4.95. The number of hydrogen-bond donors (Lipinski definition) is 1. The van der Waals surface area contributed by atoms with Crippen LogP contribution in [-0.4, -0.2) is 19.8 Å². The average molecular weight is 311 g/mol. The average Bonchev–Trinajstić information content (AvgIpc) is 2.23. The second kappa shape index (κ2) is 5.73. The Morgan fingerprint density at radius 3 is 2.47 bits per heavy atom. The van der Waals surface area contributed by atoms with Gasteiger partial charge in [-0.05, 0) is 23.8 Å². The van der Waals surface area contributed by atoms with Crippen LogP contribution in [-0.2, 0) is 6.54 Å². The maximum absolute atomic E-state index is 12.1. The fourth-order valence-corrected chi connectivity index (χ4v) is 1.92. The molecular formula is C11H14BrF3N2. The predicted molar refractivity (Wildman–Crippen MR) is 66.0 cm³/mol. The molecule has 1 aromatic carbocycles. The van der Waals surface area contributed by atoms with Crippen molar-refractivity contribution in [2.45, 2.75) is 19.1 Å². The summed E-state index contributed by atoms with van der Waals surface area (Å²) >= 11 is 3.31. The van der Waals surface area contributed by atoms with Crippen LogP contribution in [0.1, 0.15) is 12.0 Å². The SMILES string of the molecule is CN(CCC(F)(F)F)c1cc(Br)cc(CN)c1. The van der Waals surface area contributed by atoms with Crippen LogP contribution < -0.4 is 10.6 Å². The number of hydrogen-bond acceptors (Lipinski definition) is 2. The van der Waals surface area contributed by atoms with Crippen molar-refractivity contribution >= 4 is 21.6 Å². The smallest absolute Gasteiger partial charge is 0.374 e. The van der Waals surface area contributed by atoms with E-state index in [1.807, 2.05) is 6.07 Å². The van der Waals surface area contributed by atoms with Crippen LogP contribution in [0.3, 0.4) is 0 Å². The molecule has 0 amide bonds. The summed E-state index contributed by atoms with van der Waals surface area (Å²) in [4.78, 5) is 1.57. The Morgan fingerprint density at radius 1 is 1.29 bits per heavy atom. The first-order chi connectivity index (χ1) is 7.81. The molecule has 96 valence electrons. The van der Waals surface area contributed by atoms with Crippen LogP contribution in [0.2, 0.25) is 0 Å². The van der Waals surface area contributed by atoms with Crippen molar-refractivity contribution in [2.75, 3.05) is 18.5 Å². The summed E-state index contributed by atoms with van der Waals surface area (Å²) in [5.41, 5.74) is 7.12.